The van der Waals surface area contributed by atoms with E-state index < -0.39 is 49.2 Å². The van der Waals surface area contributed by atoms with Crippen LogP contribution in [0.3, 0.4) is 0 Å². The summed E-state index contributed by atoms with van der Waals surface area (Å²) >= 11 is 0. The molecule has 2 aliphatic rings. The van der Waals surface area contributed by atoms with Gasteiger partial charge in [0.1, 0.15) is 53.3 Å². The number of aliphatic hydroxyl groups is 4. The van der Waals surface area contributed by atoms with Gasteiger partial charge in [0.05, 0.1) is 20.1 Å². The average molecular weight is 464 g/mol. The van der Waals surface area contributed by atoms with Crippen LogP contribution < -0.4 is 14.2 Å². The second-order valence-electron chi connectivity index (χ2n) is 7.80. The van der Waals surface area contributed by atoms with Crippen LogP contribution >= 0.6 is 0 Å². The number of phenols is 2. The SMILES string of the molecule is COc1ccc([C@@H]2CC(=O)c3c(O[C@H]4O[C@H](CO)[C@@H](O)[C@H](O)[C@@H]4O)cc(O)cc3O2)cc1O. The number of hydrogen-bond acceptors (Lipinski definition) is 11. The topological polar surface area (TPSA) is 175 Å². The van der Waals surface area contributed by atoms with Crippen LogP contribution in [0.1, 0.15) is 28.4 Å². The molecule has 4 rings (SSSR count). The zero-order valence-corrected chi connectivity index (χ0v) is 17.5. The van der Waals surface area contributed by atoms with Crippen LogP contribution in [0.5, 0.6) is 28.7 Å². The number of methoxy groups -OCH3 is 1. The van der Waals surface area contributed by atoms with Gasteiger partial charge in [0, 0.05) is 12.1 Å². The van der Waals surface area contributed by atoms with E-state index in [2.05, 4.69) is 0 Å². The summed E-state index contributed by atoms with van der Waals surface area (Å²) in [4.78, 5) is 13.0. The Morgan fingerprint density at radius 2 is 1.79 bits per heavy atom. The van der Waals surface area contributed by atoms with Gasteiger partial charge in [-0.15, -0.1) is 0 Å². The summed E-state index contributed by atoms with van der Waals surface area (Å²) in [6.45, 7) is -0.651. The van der Waals surface area contributed by atoms with Gasteiger partial charge >= 0.3 is 0 Å². The Morgan fingerprint density at radius 1 is 1.03 bits per heavy atom. The molecule has 6 atom stereocenters. The summed E-state index contributed by atoms with van der Waals surface area (Å²) in [5.41, 5.74) is 0.491. The number of Topliss-reactive ketones (excluding diaryl/α,β-unsaturated/α-hetero) is 1. The van der Waals surface area contributed by atoms with Gasteiger partial charge in [0.2, 0.25) is 6.29 Å². The molecule has 2 aliphatic heterocycles. The monoisotopic (exact) mass is 464 g/mol. The van der Waals surface area contributed by atoms with Crippen LogP contribution in [0.4, 0.5) is 0 Å². The summed E-state index contributed by atoms with van der Waals surface area (Å²) in [7, 11) is 1.41. The molecule has 0 bridgehead atoms. The Balaban J connectivity index is 1.63. The molecule has 0 aromatic heterocycles. The van der Waals surface area contributed by atoms with Crippen LogP contribution in [-0.4, -0.2) is 80.8 Å². The van der Waals surface area contributed by atoms with E-state index in [0.717, 1.165) is 6.07 Å². The second-order valence-corrected chi connectivity index (χ2v) is 7.80. The Kier molecular flexibility index (Phi) is 6.32. The van der Waals surface area contributed by atoms with E-state index in [1.807, 2.05) is 0 Å². The van der Waals surface area contributed by atoms with Gasteiger partial charge in [0.25, 0.3) is 0 Å². The first kappa shape index (κ1) is 23.1. The zero-order valence-electron chi connectivity index (χ0n) is 17.5. The lowest BCUT2D eigenvalue weighted by Crippen LogP contribution is -2.60. The minimum Gasteiger partial charge on any atom is -0.508 e. The molecule has 178 valence electrons. The highest BCUT2D eigenvalue weighted by atomic mass is 16.7. The molecular formula is C22H24O11. The predicted molar refractivity (Wildman–Crippen MR) is 109 cm³/mol. The minimum atomic E-state index is -1.70. The number of aromatic hydroxyl groups is 2. The Labute approximate surface area is 188 Å². The van der Waals surface area contributed by atoms with E-state index in [4.69, 9.17) is 18.9 Å². The largest absolute Gasteiger partial charge is 0.508 e. The van der Waals surface area contributed by atoms with E-state index in [-0.39, 0.29) is 40.7 Å². The molecule has 0 saturated carbocycles. The third kappa shape index (κ3) is 4.28. The van der Waals surface area contributed by atoms with Crippen molar-refractivity contribution in [3.8, 4) is 28.7 Å². The molecule has 0 aliphatic carbocycles. The van der Waals surface area contributed by atoms with Crippen LogP contribution in [-0.2, 0) is 4.74 Å². The van der Waals surface area contributed by atoms with Crippen molar-refractivity contribution >= 4 is 5.78 Å². The van der Waals surface area contributed by atoms with Crippen molar-refractivity contribution in [1.82, 2.24) is 0 Å². The van der Waals surface area contributed by atoms with E-state index in [9.17, 15) is 35.4 Å². The maximum Gasteiger partial charge on any atom is 0.229 e. The van der Waals surface area contributed by atoms with Gasteiger partial charge in [-0.25, -0.2) is 0 Å². The maximum atomic E-state index is 13.0. The van der Waals surface area contributed by atoms with E-state index >= 15 is 0 Å². The third-order valence-corrected chi connectivity index (χ3v) is 5.64. The molecule has 1 fully saturated rings. The molecule has 11 heteroatoms. The number of benzene rings is 2. The number of ether oxygens (including phenoxy) is 4. The van der Waals surface area contributed by atoms with Crippen molar-refractivity contribution in [2.24, 2.45) is 0 Å². The summed E-state index contributed by atoms with van der Waals surface area (Å²) in [5.74, 6) is -0.745. The maximum absolute atomic E-state index is 13.0. The first-order chi connectivity index (χ1) is 15.7. The number of phenolic OH excluding ortho intramolecular Hbond substituents is 2. The molecule has 0 unspecified atom stereocenters. The van der Waals surface area contributed by atoms with Gasteiger partial charge in [-0.3, -0.25) is 4.79 Å². The smallest absolute Gasteiger partial charge is 0.229 e. The number of rotatable bonds is 5. The highest BCUT2D eigenvalue weighted by molar-refractivity contribution is 6.02. The fourth-order valence-corrected chi connectivity index (χ4v) is 3.89. The molecule has 0 radical (unpaired) electrons. The summed E-state index contributed by atoms with van der Waals surface area (Å²) in [6, 6.07) is 6.93. The van der Waals surface area contributed by atoms with Crippen molar-refractivity contribution in [2.75, 3.05) is 13.7 Å². The molecule has 33 heavy (non-hydrogen) atoms. The summed E-state index contributed by atoms with van der Waals surface area (Å²) in [6.07, 6.45) is -8.58. The van der Waals surface area contributed by atoms with E-state index in [1.54, 1.807) is 6.07 Å². The highest BCUT2D eigenvalue weighted by Crippen LogP contribution is 2.44. The predicted octanol–water partition coefficient (Wildman–Crippen LogP) is -0.00840. The first-order valence-electron chi connectivity index (χ1n) is 10.1. The normalized spacial score (nSPS) is 29.2. The van der Waals surface area contributed by atoms with Gasteiger partial charge in [0.15, 0.2) is 17.3 Å². The third-order valence-electron chi connectivity index (χ3n) is 5.64. The first-order valence-corrected chi connectivity index (χ1v) is 10.1. The average Bonchev–Trinajstić information content (AvgIpc) is 2.78. The molecule has 0 spiro atoms. The molecular weight excluding hydrogens is 440 g/mol. The quantitative estimate of drug-likeness (QED) is 0.351. The van der Waals surface area contributed by atoms with Crippen molar-refractivity contribution in [2.45, 2.75) is 43.2 Å². The number of carbonyl (C=O) groups is 1. The number of carbonyl (C=O) groups excluding carboxylic acids is 1. The summed E-state index contributed by atoms with van der Waals surface area (Å²) in [5, 5.41) is 59.7. The fraction of sp³-hybridized carbons (Fsp3) is 0.409. The number of aliphatic hydroxyl groups excluding tert-OH is 4. The number of hydrogen-bond donors (Lipinski definition) is 6. The number of fused-ring (bicyclic) bond motifs is 1. The van der Waals surface area contributed by atoms with Gasteiger partial charge in [-0.1, -0.05) is 6.07 Å². The van der Waals surface area contributed by atoms with Crippen LogP contribution in [0.25, 0.3) is 0 Å². The van der Waals surface area contributed by atoms with E-state index in [1.165, 1.54) is 25.3 Å². The lowest BCUT2D eigenvalue weighted by Gasteiger charge is -2.40. The van der Waals surface area contributed by atoms with Gasteiger partial charge in [-0.05, 0) is 17.7 Å². The van der Waals surface area contributed by atoms with Crippen LogP contribution in [0.2, 0.25) is 0 Å². The molecule has 2 heterocycles. The standard InChI is InChI=1S/C22H24O11/c1-30-13-3-2-9(4-11(13)25)14-7-12(26)18-15(31-14)5-10(24)6-16(18)32-22-21(29)20(28)19(27)17(8-23)33-22/h2-6,14,17,19-25,27-29H,7-8H2,1H3/t14-,17+,19+,20-,21-,22-/m0/s1. The van der Waals surface area contributed by atoms with E-state index in [0.29, 0.717) is 5.56 Å². The number of ketones is 1. The van der Waals surface area contributed by atoms with Crippen molar-refractivity contribution in [3.05, 3.63) is 41.5 Å². The molecule has 2 aromatic rings. The second kappa shape index (κ2) is 9.04. The zero-order chi connectivity index (χ0) is 23.9. The molecule has 1 saturated heterocycles. The van der Waals surface area contributed by atoms with Gasteiger partial charge in [-0.2, -0.15) is 0 Å². The fourth-order valence-electron chi connectivity index (χ4n) is 3.89. The van der Waals surface area contributed by atoms with Crippen molar-refractivity contribution < 1.29 is 54.4 Å². The Bertz CT molecular complexity index is 1040. The highest BCUT2D eigenvalue weighted by Gasteiger charge is 2.45. The van der Waals surface area contributed by atoms with Crippen LogP contribution in [0.15, 0.2) is 30.3 Å². The molecule has 11 nitrogen and oxygen atoms in total. The van der Waals surface area contributed by atoms with Crippen LogP contribution in [0, 0.1) is 0 Å². The Hall–Kier alpha value is -3.09. The minimum absolute atomic E-state index is 0.00569. The summed E-state index contributed by atoms with van der Waals surface area (Å²) < 4.78 is 21.8. The van der Waals surface area contributed by atoms with Gasteiger partial charge < -0.3 is 49.6 Å². The molecule has 6 N–H and O–H groups in total. The molecule has 0 amide bonds. The van der Waals surface area contributed by atoms with Crippen molar-refractivity contribution in [1.29, 1.82) is 0 Å². The Morgan fingerprint density at radius 3 is 2.45 bits per heavy atom. The van der Waals surface area contributed by atoms with Crippen molar-refractivity contribution in [3.63, 3.8) is 0 Å². The lowest BCUT2D eigenvalue weighted by atomic mass is 9.95. The molecule has 2 aromatic carbocycles. The lowest BCUT2D eigenvalue weighted by molar-refractivity contribution is -0.277.